The minimum Gasteiger partial charge on any atom is -0.369 e. The molecule has 0 amide bonds. The minimum atomic E-state index is 0.795. The van der Waals surface area contributed by atoms with Crippen molar-refractivity contribution in [1.82, 2.24) is 14.9 Å². The zero-order valence-corrected chi connectivity index (χ0v) is 11.7. The predicted octanol–water partition coefficient (Wildman–Crippen LogP) is 2.39. The lowest BCUT2D eigenvalue weighted by Crippen LogP contribution is -2.21. The van der Waals surface area contributed by atoms with Gasteiger partial charge in [-0.05, 0) is 18.3 Å². The molecule has 18 heavy (non-hydrogen) atoms. The van der Waals surface area contributed by atoms with Gasteiger partial charge in [0.2, 0.25) is 0 Å². The van der Waals surface area contributed by atoms with E-state index in [2.05, 4.69) is 41.0 Å². The molecular weight excluding hydrogens is 224 g/mol. The van der Waals surface area contributed by atoms with E-state index in [4.69, 9.17) is 0 Å². The highest BCUT2D eigenvalue weighted by Crippen LogP contribution is 2.23. The maximum Gasteiger partial charge on any atom is 0.144 e. The number of nitrogens with one attached hydrogen (secondary N) is 1. The van der Waals surface area contributed by atoms with E-state index in [1.807, 2.05) is 12.4 Å². The van der Waals surface area contributed by atoms with Crippen LogP contribution in [-0.2, 0) is 6.54 Å². The second-order valence-electron chi connectivity index (χ2n) is 5.47. The first-order valence-corrected chi connectivity index (χ1v) is 6.96. The van der Waals surface area contributed by atoms with Crippen LogP contribution in [-0.4, -0.2) is 34.5 Å². The summed E-state index contributed by atoms with van der Waals surface area (Å²) in [6.07, 6.45) is 4.84. The van der Waals surface area contributed by atoms with Gasteiger partial charge in [-0.1, -0.05) is 20.8 Å². The number of likely N-dealkylation sites (tertiary alicyclic amines) is 1. The number of hydrogen-bond acceptors (Lipinski definition) is 4. The first-order chi connectivity index (χ1) is 8.69. The summed E-state index contributed by atoms with van der Waals surface area (Å²) in [4.78, 5) is 11.3. The van der Waals surface area contributed by atoms with E-state index in [0.717, 1.165) is 42.9 Å². The maximum atomic E-state index is 4.48. The summed E-state index contributed by atoms with van der Waals surface area (Å²) in [7, 11) is 0. The Labute approximate surface area is 110 Å². The molecule has 1 aliphatic rings. The normalized spacial score (nSPS) is 24.4. The molecule has 2 rings (SSSR count). The smallest absolute Gasteiger partial charge is 0.144 e. The monoisotopic (exact) mass is 248 g/mol. The Morgan fingerprint density at radius 2 is 1.94 bits per heavy atom. The highest BCUT2D eigenvalue weighted by molar-refractivity contribution is 5.30. The van der Waals surface area contributed by atoms with E-state index in [1.165, 1.54) is 13.1 Å². The number of nitrogens with zero attached hydrogens (tertiary/aromatic N) is 3. The Bertz CT molecular complexity index is 353. The third kappa shape index (κ3) is 3.42. The van der Waals surface area contributed by atoms with Gasteiger partial charge in [-0.3, -0.25) is 9.88 Å². The number of anilines is 1. The summed E-state index contributed by atoms with van der Waals surface area (Å²) in [5.74, 6) is 2.47. The fourth-order valence-electron chi connectivity index (χ4n) is 2.39. The fraction of sp³-hybridized carbons (Fsp3) is 0.714. The highest BCUT2D eigenvalue weighted by atomic mass is 15.2. The van der Waals surface area contributed by atoms with E-state index >= 15 is 0 Å². The van der Waals surface area contributed by atoms with Gasteiger partial charge in [-0.25, -0.2) is 4.98 Å². The van der Waals surface area contributed by atoms with Crippen molar-refractivity contribution in [2.24, 2.45) is 11.8 Å². The quantitative estimate of drug-likeness (QED) is 0.868. The van der Waals surface area contributed by atoms with Gasteiger partial charge in [0.15, 0.2) is 0 Å². The standard InChI is InChI=1S/C14H24N4/c1-4-5-15-14-7-16-13(6-17-14)10-18-8-11(2)12(3)9-18/h6-7,11-12H,4-5,8-10H2,1-3H3,(H,15,17). The Hall–Kier alpha value is -1.16. The Balaban J connectivity index is 1.86. The third-order valence-corrected chi connectivity index (χ3v) is 3.71. The van der Waals surface area contributed by atoms with Gasteiger partial charge in [0.1, 0.15) is 5.82 Å². The summed E-state index contributed by atoms with van der Waals surface area (Å²) < 4.78 is 0. The number of aromatic nitrogens is 2. The molecule has 0 bridgehead atoms. The lowest BCUT2D eigenvalue weighted by molar-refractivity contribution is 0.312. The van der Waals surface area contributed by atoms with Gasteiger partial charge in [0.05, 0.1) is 18.1 Å². The number of hydrogen-bond donors (Lipinski definition) is 1. The molecule has 4 heteroatoms. The molecule has 2 unspecified atom stereocenters. The molecule has 4 nitrogen and oxygen atoms in total. The van der Waals surface area contributed by atoms with E-state index in [9.17, 15) is 0 Å². The summed E-state index contributed by atoms with van der Waals surface area (Å²) >= 11 is 0. The van der Waals surface area contributed by atoms with Crippen molar-refractivity contribution in [2.75, 3.05) is 25.0 Å². The average Bonchev–Trinajstić information content (AvgIpc) is 2.67. The maximum absolute atomic E-state index is 4.48. The summed E-state index contributed by atoms with van der Waals surface area (Å²) in [6, 6.07) is 0. The second-order valence-corrected chi connectivity index (χ2v) is 5.47. The van der Waals surface area contributed by atoms with Crippen molar-refractivity contribution < 1.29 is 0 Å². The predicted molar refractivity (Wildman–Crippen MR) is 74.4 cm³/mol. The molecule has 2 atom stereocenters. The van der Waals surface area contributed by atoms with Crippen LogP contribution >= 0.6 is 0 Å². The Morgan fingerprint density at radius 3 is 2.50 bits per heavy atom. The summed E-state index contributed by atoms with van der Waals surface area (Å²) in [5.41, 5.74) is 1.07. The zero-order valence-electron chi connectivity index (χ0n) is 11.7. The minimum absolute atomic E-state index is 0.795. The largest absolute Gasteiger partial charge is 0.369 e. The third-order valence-electron chi connectivity index (χ3n) is 3.71. The van der Waals surface area contributed by atoms with Gasteiger partial charge in [-0.15, -0.1) is 0 Å². The van der Waals surface area contributed by atoms with Crippen LogP contribution in [0.15, 0.2) is 12.4 Å². The van der Waals surface area contributed by atoms with E-state index in [1.54, 1.807) is 0 Å². The van der Waals surface area contributed by atoms with Crippen molar-refractivity contribution in [3.8, 4) is 0 Å². The Kier molecular flexibility index (Phi) is 4.53. The lowest BCUT2D eigenvalue weighted by atomic mass is 10.0. The molecule has 100 valence electrons. The van der Waals surface area contributed by atoms with Crippen molar-refractivity contribution in [2.45, 2.75) is 33.7 Å². The summed E-state index contributed by atoms with van der Waals surface area (Å²) in [6.45, 7) is 11.0. The van der Waals surface area contributed by atoms with Crippen LogP contribution in [0.5, 0.6) is 0 Å². The van der Waals surface area contributed by atoms with Crippen LogP contribution in [0.2, 0.25) is 0 Å². The molecule has 0 spiro atoms. The molecule has 0 radical (unpaired) electrons. The average molecular weight is 248 g/mol. The van der Waals surface area contributed by atoms with Crippen molar-refractivity contribution in [3.05, 3.63) is 18.1 Å². The molecule has 1 aromatic heterocycles. The molecule has 0 aromatic carbocycles. The van der Waals surface area contributed by atoms with Crippen LogP contribution in [0.25, 0.3) is 0 Å². The van der Waals surface area contributed by atoms with E-state index in [0.29, 0.717) is 0 Å². The molecule has 0 saturated carbocycles. The fourth-order valence-corrected chi connectivity index (χ4v) is 2.39. The van der Waals surface area contributed by atoms with Crippen molar-refractivity contribution in [1.29, 1.82) is 0 Å². The molecule has 0 aliphatic carbocycles. The second kappa shape index (κ2) is 6.14. The van der Waals surface area contributed by atoms with E-state index < -0.39 is 0 Å². The molecular formula is C14H24N4. The van der Waals surface area contributed by atoms with Crippen LogP contribution in [0, 0.1) is 11.8 Å². The van der Waals surface area contributed by atoms with E-state index in [-0.39, 0.29) is 0 Å². The van der Waals surface area contributed by atoms with Crippen LogP contribution in [0.4, 0.5) is 5.82 Å². The molecule has 1 aromatic rings. The molecule has 1 aliphatic heterocycles. The highest BCUT2D eigenvalue weighted by Gasteiger charge is 2.25. The first kappa shape index (κ1) is 13.3. The summed E-state index contributed by atoms with van der Waals surface area (Å²) in [5, 5.41) is 3.24. The Morgan fingerprint density at radius 1 is 1.22 bits per heavy atom. The van der Waals surface area contributed by atoms with Gasteiger partial charge in [0, 0.05) is 26.2 Å². The van der Waals surface area contributed by atoms with Crippen LogP contribution < -0.4 is 5.32 Å². The molecule has 1 N–H and O–H groups in total. The van der Waals surface area contributed by atoms with Gasteiger partial charge >= 0.3 is 0 Å². The van der Waals surface area contributed by atoms with Gasteiger partial charge in [-0.2, -0.15) is 0 Å². The topological polar surface area (TPSA) is 41.1 Å². The number of rotatable bonds is 5. The van der Waals surface area contributed by atoms with Crippen LogP contribution in [0.3, 0.4) is 0 Å². The van der Waals surface area contributed by atoms with Gasteiger partial charge in [0.25, 0.3) is 0 Å². The molecule has 1 fully saturated rings. The first-order valence-electron chi connectivity index (χ1n) is 6.96. The van der Waals surface area contributed by atoms with Gasteiger partial charge < -0.3 is 5.32 Å². The van der Waals surface area contributed by atoms with Crippen molar-refractivity contribution in [3.63, 3.8) is 0 Å². The zero-order chi connectivity index (χ0) is 13.0. The van der Waals surface area contributed by atoms with Crippen molar-refractivity contribution >= 4 is 5.82 Å². The molecule has 1 saturated heterocycles. The van der Waals surface area contributed by atoms with Crippen LogP contribution in [0.1, 0.15) is 32.9 Å². The lowest BCUT2D eigenvalue weighted by Gasteiger charge is -2.14. The molecule has 2 heterocycles. The SMILES string of the molecule is CCCNc1cnc(CN2CC(C)C(C)C2)cn1.